The van der Waals surface area contributed by atoms with Gasteiger partial charge in [0.15, 0.2) is 0 Å². The Morgan fingerprint density at radius 1 is 1.09 bits per heavy atom. The maximum absolute atomic E-state index is 15.1. The summed E-state index contributed by atoms with van der Waals surface area (Å²) in [7, 11) is -0.998. The van der Waals surface area contributed by atoms with E-state index < -0.39 is 79.7 Å². The topological polar surface area (TPSA) is 194 Å². The van der Waals surface area contributed by atoms with E-state index in [0.717, 1.165) is 6.42 Å². The summed E-state index contributed by atoms with van der Waals surface area (Å²) < 4.78 is 45.0. The molecule has 4 aliphatic rings. The zero-order chi connectivity index (χ0) is 41.0. The average Bonchev–Trinajstić information content (AvgIpc) is 4.00. The van der Waals surface area contributed by atoms with Gasteiger partial charge in [0.1, 0.15) is 29.5 Å². The predicted molar refractivity (Wildman–Crippen MR) is 208 cm³/mol. The number of hydrogen-bond donors (Lipinski definition) is 3. The molecule has 2 saturated carbocycles. The van der Waals surface area contributed by atoms with Crippen LogP contribution in [0.25, 0.3) is 10.8 Å². The van der Waals surface area contributed by atoms with Crippen LogP contribution in [0.3, 0.4) is 0 Å². The van der Waals surface area contributed by atoms with Crippen LogP contribution in [-0.4, -0.2) is 107 Å². The van der Waals surface area contributed by atoms with Crippen LogP contribution >= 0.6 is 0 Å². The molecule has 3 heterocycles. The minimum absolute atomic E-state index is 0.0250. The van der Waals surface area contributed by atoms with E-state index in [1.165, 1.54) is 16.9 Å². The molecule has 2 aromatic rings. The molecule has 1 saturated heterocycles. The van der Waals surface area contributed by atoms with Gasteiger partial charge >= 0.3 is 6.09 Å². The van der Waals surface area contributed by atoms with Crippen LogP contribution in [0.2, 0.25) is 0 Å². The molecule has 0 unspecified atom stereocenters. The highest BCUT2D eigenvalue weighted by Gasteiger charge is 2.63. The fraction of sp³-hybridized carbons (Fsp3) is 0.625. The fourth-order valence-corrected chi connectivity index (χ4v) is 9.54. The number of amides is 4. The summed E-state index contributed by atoms with van der Waals surface area (Å²) in [5.41, 5.74) is -2.56. The van der Waals surface area contributed by atoms with Crippen molar-refractivity contribution in [2.45, 2.75) is 121 Å². The lowest BCUT2D eigenvalue weighted by Crippen LogP contribution is -2.62. The highest BCUT2D eigenvalue weighted by Crippen LogP contribution is 2.48. The van der Waals surface area contributed by atoms with Gasteiger partial charge in [-0.3, -0.25) is 24.0 Å². The molecule has 1 aromatic heterocycles. The number of ether oxygens (including phenoxy) is 3. The van der Waals surface area contributed by atoms with Crippen LogP contribution < -0.4 is 24.2 Å². The molecule has 1 aromatic carbocycles. The first-order chi connectivity index (χ1) is 26.2. The monoisotopic (exact) mass is 797 g/mol. The highest BCUT2D eigenvalue weighted by molar-refractivity contribution is 7.91. The molecule has 0 bridgehead atoms. The van der Waals surface area contributed by atoms with Gasteiger partial charge in [-0.1, -0.05) is 26.0 Å². The number of pyridine rings is 1. The molecular weight excluding hydrogens is 743 g/mol. The molecule has 2 aliphatic carbocycles. The molecule has 2 aliphatic heterocycles. The van der Waals surface area contributed by atoms with Crippen molar-refractivity contribution in [2.24, 2.45) is 17.8 Å². The van der Waals surface area contributed by atoms with Crippen molar-refractivity contribution < 1.29 is 46.9 Å². The van der Waals surface area contributed by atoms with Crippen LogP contribution in [0.1, 0.15) is 86.5 Å². The molecule has 0 radical (unpaired) electrons. The smallest absolute Gasteiger partial charge is 0.408 e. The zero-order valence-electron chi connectivity index (χ0n) is 33.5. The number of carbonyl (C=O) groups excluding carboxylic acids is 3. The van der Waals surface area contributed by atoms with E-state index in [9.17, 15) is 27.9 Å². The minimum Gasteiger partial charge on any atom is -0.497 e. The molecule has 306 valence electrons. The van der Waals surface area contributed by atoms with Crippen molar-refractivity contribution in [2.75, 3.05) is 20.8 Å². The summed E-state index contributed by atoms with van der Waals surface area (Å²) in [6.07, 6.45) is 4.62. The molecule has 6 rings (SSSR count). The summed E-state index contributed by atoms with van der Waals surface area (Å²) in [5, 5.41) is 14.8. The Kier molecular flexibility index (Phi) is 11.0. The second-order valence-corrected chi connectivity index (χ2v) is 19.5. The van der Waals surface area contributed by atoms with E-state index in [1.807, 2.05) is 19.1 Å². The lowest BCUT2D eigenvalue weighted by molar-refractivity contribution is -0.146. The number of nitrogens with zero attached hydrogens (tertiary/aromatic N) is 3. The van der Waals surface area contributed by atoms with Gasteiger partial charge < -0.3 is 29.5 Å². The Balaban J connectivity index is 1.41. The second kappa shape index (κ2) is 15.1. The minimum atomic E-state index is -4.03. The SMILES string of the molecule is COc1ccc2c(O[C@@H]3C[C@H]4C(=O)N[C@]5(C(=O)NS(=O)(=O)C6(C)CC6)C[C@H]5/C=C\CC[C@@H](C)C[C@@H](C)[C@H](N(C(=O)O)C(C)(C)C)C(=O)N4C3)nc(OC)cc2c1. The lowest BCUT2D eigenvalue weighted by Gasteiger charge is -2.43. The number of nitrogens with one attached hydrogen (secondary N) is 2. The summed E-state index contributed by atoms with van der Waals surface area (Å²) in [5.74, 6) is -1.82. The van der Waals surface area contributed by atoms with E-state index in [4.69, 9.17) is 14.2 Å². The van der Waals surface area contributed by atoms with Crippen LogP contribution in [0.15, 0.2) is 36.4 Å². The van der Waals surface area contributed by atoms with Crippen LogP contribution in [0, 0.1) is 17.8 Å². The van der Waals surface area contributed by atoms with E-state index in [0.29, 0.717) is 42.2 Å². The summed E-state index contributed by atoms with van der Waals surface area (Å²) in [6, 6.07) is 4.71. The highest BCUT2D eigenvalue weighted by atomic mass is 32.2. The third kappa shape index (κ3) is 7.98. The number of hydrogen-bond acceptors (Lipinski definition) is 10. The Labute approximate surface area is 328 Å². The number of carboxylic acid groups (broad SMARTS) is 1. The van der Waals surface area contributed by atoms with E-state index in [-0.39, 0.29) is 37.1 Å². The Bertz CT molecular complexity index is 2020. The molecule has 7 atom stereocenters. The zero-order valence-corrected chi connectivity index (χ0v) is 34.3. The Morgan fingerprint density at radius 2 is 1.80 bits per heavy atom. The first kappa shape index (κ1) is 41.0. The summed E-state index contributed by atoms with van der Waals surface area (Å²) in [4.78, 5) is 63.8. The number of benzene rings is 1. The first-order valence-corrected chi connectivity index (χ1v) is 20.8. The molecule has 56 heavy (non-hydrogen) atoms. The van der Waals surface area contributed by atoms with Crippen molar-refractivity contribution in [1.82, 2.24) is 24.8 Å². The van der Waals surface area contributed by atoms with Gasteiger partial charge in [0.05, 0.1) is 25.5 Å². The predicted octanol–water partition coefficient (Wildman–Crippen LogP) is 4.63. The van der Waals surface area contributed by atoms with Crippen molar-refractivity contribution in [3.63, 3.8) is 0 Å². The molecule has 3 fully saturated rings. The normalized spacial score (nSPS) is 29.8. The van der Waals surface area contributed by atoms with Crippen molar-refractivity contribution in [1.29, 1.82) is 0 Å². The third-order valence-corrected chi connectivity index (χ3v) is 14.0. The quantitative estimate of drug-likeness (QED) is 0.316. The lowest BCUT2D eigenvalue weighted by atomic mass is 9.85. The summed E-state index contributed by atoms with van der Waals surface area (Å²) >= 11 is 0. The number of fused-ring (bicyclic) bond motifs is 3. The number of allylic oxidation sites excluding steroid dienone is 1. The molecule has 4 amide bonds. The average molecular weight is 798 g/mol. The standard InChI is InChI=1S/C40H55N5O10S/c1-23-11-9-10-12-26-21-40(26,36(48)43-56(51,52)39(6)15-16-39)42-33(46)30-20-28(55-34-29-14-13-27(53-7)18-25(29)19-31(41-34)54-8)22-44(30)35(47)32(24(2)17-23)45(37(49)50)38(3,4)5/h10,12-14,18-19,23-24,26,28,30,32H,9,11,15-17,20-22H2,1-8H3,(H,42,46)(H,43,48)(H,49,50)/b12-10-/t23-,24-,26-,28-,30+,32+,40-/m1/s1. The van der Waals surface area contributed by atoms with Crippen molar-refractivity contribution in [3.8, 4) is 17.5 Å². The van der Waals surface area contributed by atoms with Crippen LogP contribution in [0.5, 0.6) is 17.5 Å². The Morgan fingerprint density at radius 3 is 2.43 bits per heavy atom. The number of methoxy groups -OCH3 is 2. The van der Waals surface area contributed by atoms with Crippen LogP contribution in [0.4, 0.5) is 4.79 Å². The molecular formula is C40H55N5O10S. The van der Waals surface area contributed by atoms with Gasteiger partial charge in [-0.05, 0) is 102 Å². The van der Waals surface area contributed by atoms with E-state index in [2.05, 4.69) is 21.9 Å². The van der Waals surface area contributed by atoms with Crippen LogP contribution in [-0.2, 0) is 24.4 Å². The van der Waals surface area contributed by atoms with E-state index in [1.54, 1.807) is 59.1 Å². The van der Waals surface area contributed by atoms with Gasteiger partial charge in [0.25, 0.3) is 5.91 Å². The van der Waals surface area contributed by atoms with Crippen molar-refractivity contribution in [3.05, 3.63) is 36.4 Å². The number of sulfonamides is 1. The van der Waals surface area contributed by atoms with Gasteiger partial charge in [-0.25, -0.2) is 13.2 Å². The number of rotatable bonds is 8. The van der Waals surface area contributed by atoms with Gasteiger partial charge in [0.2, 0.25) is 33.6 Å². The van der Waals surface area contributed by atoms with Gasteiger partial charge in [-0.15, -0.1) is 0 Å². The third-order valence-electron chi connectivity index (χ3n) is 11.9. The molecule has 16 heteroatoms. The Hall–Kier alpha value is -4.60. The molecule has 0 spiro atoms. The van der Waals surface area contributed by atoms with Gasteiger partial charge in [0, 0.05) is 29.3 Å². The maximum Gasteiger partial charge on any atom is 0.408 e. The number of aromatic nitrogens is 1. The van der Waals surface area contributed by atoms with E-state index >= 15 is 4.79 Å². The summed E-state index contributed by atoms with van der Waals surface area (Å²) in [6.45, 7) is 10.6. The largest absolute Gasteiger partial charge is 0.497 e. The maximum atomic E-state index is 15.1. The second-order valence-electron chi connectivity index (χ2n) is 17.3. The number of carbonyl (C=O) groups is 4. The molecule has 15 nitrogen and oxygen atoms in total. The first-order valence-electron chi connectivity index (χ1n) is 19.3. The van der Waals surface area contributed by atoms with Gasteiger partial charge in [-0.2, -0.15) is 4.98 Å². The fourth-order valence-electron chi connectivity index (χ4n) is 8.22. The molecule has 3 N–H and O–H groups in total. The van der Waals surface area contributed by atoms with Crippen molar-refractivity contribution >= 4 is 44.6 Å².